The van der Waals surface area contributed by atoms with Gasteiger partial charge in [-0.25, -0.2) is 9.18 Å². The summed E-state index contributed by atoms with van der Waals surface area (Å²) in [7, 11) is 0. The van der Waals surface area contributed by atoms with Crippen LogP contribution in [0.4, 0.5) is 14.9 Å². The van der Waals surface area contributed by atoms with Crippen LogP contribution in [0.1, 0.15) is 25.5 Å². The number of nitro benzene ring substituents is 1. The van der Waals surface area contributed by atoms with Gasteiger partial charge in [-0.2, -0.15) is 0 Å². The number of nitrogens with zero attached hydrogens (tertiary/aromatic N) is 1. The maximum absolute atomic E-state index is 13.1. The summed E-state index contributed by atoms with van der Waals surface area (Å²) in [5.41, 5.74) is -0.607. The van der Waals surface area contributed by atoms with E-state index in [9.17, 15) is 19.3 Å². The van der Waals surface area contributed by atoms with Gasteiger partial charge in [0.05, 0.1) is 22.6 Å². The Morgan fingerprint density at radius 3 is 2.75 bits per heavy atom. The van der Waals surface area contributed by atoms with Gasteiger partial charge in [0.15, 0.2) is 0 Å². The topological polar surface area (TPSA) is 81.5 Å². The maximum atomic E-state index is 13.1. The highest BCUT2D eigenvalue weighted by atomic mass is 35.5. The molecule has 6 nitrogen and oxygen atoms in total. The molecular weight excluding hydrogens is 291 g/mol. The molecule has 0 saturated carbocycles. The minimum absolute atomic E-state index is 0. The van der Waals surface area contributed by atoms with Crippen LogP contribution >= 0.6 is 12.4 Å². The van der Waals surface area contributed by atoms with E-state index in [2.05, 4.69) is 5.32 Å². The smallest absolute Gasteiger partial charge is 0.407 e. The van der Waals surface area contributed by atoms with E-state index in [0.717, 1.165) is 12.1 Å². The summed E-state index contributed by atoms with van der Waals surface area (Å²) in [5.74, 6) is -0.688. The third-order valence-electron chi connectivity index (χ3n) is 3.12. The molecule has 110 valence electrons. The minimum Gasteiger partial charge on any atom is -0.449 e. The van der Waals surface area contributed by atoms with Crippen LogP contribution in [0, 0.1) is 21.3 Å². The van der Waals surface area contributed by atoms with Crippen molar-refractivity contribution >= 4 is 24.2 Å². The second-order valence-electron chi connectivity index (χ2n) is 5.10. The fraction of sp³-hybridized carbons (Fsp3) is 0.417. The van der Waals surface area contributed by atoms with Crippen LogP contribution in [0.5, 0.6) is 0 Å². The van der Waals surface area contributed by atoms with Gasteiger partial charge in [-0.3, -0.25) is 10.1 Å². The first kappa shape index (κ1) is 16.2. The molecule has 2 rings (SSSR count). The molecule has 1 aliphatic rings. The van der Waals surface area contributed by atoms with E-state index in [1.807, 2.05) is 13.8 Å². The molecule has 0 aromatic heterocycles. The van der Waals surface area contributed by atoms with Gasteiger partial charge in [0.1, 0.15) is 12.4 Å². The van der Waals surface area contributed by atoms with E-state index in [0.29, 0.717) is 0 Å². The van der Waals surface area contributed by atoms with Crippen LogP contribution < -0.4 is 5.32 Å². The van der Waals surface area contributed by atoms with Crippen LogP contribution in [-0.2, 0) is 4.74 Å². The molecule has 0 radical (unpaired) electrons. The zero-order valence-electron chi connectivity index (χ0n) is 10.9. The molecule has 0 unspecified atom stereocenters. The van der Waals surface area contributed by atoms with Crippen LogP contribution in [0.3, 0.4) is 0 Å². The molecule has 1 atom stereocenters. The van der Waals surface area contributed by atoms with Gasteiger partial charge in [-0.1, -0.05) is 13.8 Å². The molecule has 1 aromatic carbocycles. The maximum Gasteiger partial charge on any atom is 0.407 e. The average molecular weight is 305 g/mol. The highest BCUT2D eigenvalue weighted by Crippen LogP contribution is 2.40. The Kier molecular flexibility index (Phi) is 4.54. The molecule has 1 fully saturated rings. The zero-order valence-corrected chi connectivity index (χ0v) is 11.7. The number of rotatable bonds is 2. The van der Waals surface area contributed by atoms with Crippen molar-refractivity contribution in [3.8, 4) is 0 Å². The molecular formula is C12H14ClFN2O4. The van der Waals surface area contributed by atoms with Gasteiger partial charge in [0, 0.05) is 5.41 Å². The minimum atomic E-state index is -0.688. The number of cyclic esters (lactones) is 1. The van der Waals surface area contributed by atoms with Gasteiger partial charge in [0.25, 0.3) is 5.69 Å². The highest BCUT2D eigenvalue weighted by molar-refractivity contribution is 5.85. The first-order valence-corrected chi connectivity index (χ1v) is 5.68. The van der Waals surface area contributed by atoms with E-state index >= 15 is 0 Å². The standard InChI is InChI=1S/C12H13FN2O4.ClH/c1-12(2)6-19-11(16)14-10(12)8-4-3-7(13)5-9(8)15(17)18;/h3-5,10H,6H2,1-2H3,(H,14,16);1H/t10-;/m0./s1. The largest absolute Gasteiger partial charge is 0.449 e. The fourth-order valence-corrected chi connectivity index (χ4v) is 2.11. The van der Waals surface area contributed by atoms with Gasteiger partial charge in [-0.15, -0.1) is 12.4 Å². The molecule has 1 saturated heterocycles. The van der Waals surface area contributed by atoms with Gasteiger partial charge >= 0.3 is 6.09 Å². The summed E-state index contributed by atoms with van der Waals surface area (Å²) in [6.45, 7) is 3.76. The lowest BCUT2D eigenvalue weighted by Crippen LogP contribution is -2.47. The number of hydrogen-bond acceptors (Lipinski definition) is 4. The van der Waals surface area contributed by atoms with Crippen molar-refractivity contribution in [2.75, 3.05) is 6.61 Å². The van der Waals surface area contributed by atoms with Crippen LogP contribution in [0.15, 0.2) is 18.2 Å². The molecule has 1 heterocycles. The predicted octanol–water partition coefficient (Wildman–Crippen LogP) is 2.96. The quantitative estimate of drug-likeness (QED) is 0.672. The van der Waals surface area contributed by atoms with Crippen LogP contribution in [0.25, 0.3) is 0 Å². The Morgan fingerprint density at radius 2 is 2.15 bits per heavy atom. The van der Waals surface area contributed by atoms with E-state index in [1.54, 1.807) is 0 Å². The van der Waals surface area contributed by atoms with Crippen LogP contribution in [0.2, 0.25) is 0 Å². The summed E-state index contributed by atoms with van der Waals surface area (Å²) in [4.78, 5) is 21.7. The fourth-order valence-electron chi connectivity index (χ4n) is 2.11. The van der Waals surface area contributed by atoms with Crippen molar-refractivity contribution < 1.29 is 18.8 Å². The lowest BCUT2D eigenvalue weighted by molar-refractivity contribution is -0.386. The molecule has 0 bridgehead atoms. The number of alkyl carbamates (subject to hydrolysis) is 1. The zero-order chi connectivity index (χ0) is 14.2. The Morgan fingerprint density at radius 1 is 1.50 bits per heavy atom. The van der Waals surface area contributed by atoms with Gasteiger partial charge in [-0.05, 0) is 12.1 Å². The summed E-state index contributed by atoms with van der Waals surface area (Å²) in [6, 6.07) is 2.72. The number of carbonyl (C=O) groups excluding carboxylic acids is 1. The number of ether oxygens (including phenoxy) is 1. The van der Waals surface area contributed by atoms with Crippen molar-refractivity contribution in [3.63, 3.8) is 0 Å². The number of hydrogen-bond donors (Lipinski definition) is 1. The van der Waals surface area contributed by atoms with Crippen molar-refractivity contribution in [2.45, 2.75) is 19.9 Å². The Labute approximate surface area is 120 Å². The van der Waals surface area contributed by atoms with E-state index in [4.69, 9.17) is 4.74 Å². The first-order valence-electron chi connectivity index (χ1n) is 5.68. The summed E-state index contributed by atoms with van der Waals surface area (Å²) in [5, 5.41) is 13.6. The normalized spacial score (nSPS) is 20.4. The lowest BCUT2D eigenvalue weighted by atomic mass is 9.80. The second kappa shape index (κ2) is 5.62. The molecule has 1 amide bonds. The number of carbonyl (C=O) groups is 1. The van der Waals surface area contributed by atoms with Crippen molar-refractivity contribution in [1.29, 1.82) is 0 Å². The molecule has 1 N–H and O–H groups in total. The number of nitrogens with one attached hydrogen (secondary N) is 1. The van der Waals surface area contributed by atoms with Crippen LogP contribution in [-0.4, -0.2) is 17.6 Å². The summed E-state index contributed by atoms with van der Waals surface area (Å²) in [6.07, 6.45) is -0.636. The number of amides is 1. The first-order chi connectivity index (χ1) is 8.81. The van der Waals surface area contributed by atoms with E-state index in [1.165, 1.54) is 6.07 Å². The molecule has 8 heteroatoms. The predicted molar refractivity (Wildman–Crippen MR) is 71.3 cm³/mol. The molecule has 1 aromatic rings. The summed E-state index contributed by atoms with van der Waals surface area (Å²) >= 11 is 0. The highest BCUT2D eigenvalue weighted by Gasteiger charge is 2.41. The Bertz CT molecular complexity index is 550. The Balaban J connectivity index is 0.00000200. The third kappa shape index (κ3) is 2.98. The molecule has 20 heavy (non-hydrogen) atoms. The number of benzene rings is 1. The SMILES string of the molecule is CC1(C)COC(=O)N[C@H]1c1ccc(F)cc1[N+](=O)[O-].Cl. The molecule has 0 aliphatic carbocycles. The third-order valence-corrected chi connectivity index (χ3v) is 3.12. The lowest BCUT2D eigenvalue weighted by Gasteiger charge is -2.38. The van der Waals surface area contributed by atoms with Crippen molar-refractivity contribution in [1.82, 2.24) is 5.32 Å². The van der Waals surface area contributed by atoms with E-state index < -0.39 is 28.3 Å². The number of halogens is 2. The van der Waals surface area contributed by atoms with E-state index in [-0.39, 0.29) is 30.3 Å². The van der Waals surface area contributed by atoms with Gasteiger partial charge < -0.3 is 10.1 Å². The van der Waals surface area contributed by atoms with Crippen molar-refractivity contribution in [3.05, 3.63) is 39.7 Å². The Hall–Kier alpha value is -1.89. The van der Waals surface area contributed by atoms with Gasteiger partial charge in [0.2, 0.25) is 0 Å². The second-order valence-corrected chi connectivity index (χ2v) is 5.10. The average Bonchev–Trinajstić information content (AvgIpc) is 2.32. The monoisotopic (exact) mass is 304 g/mol. The number of nitro groups is 1. The summed E-state index contributed by atoms with van der Waals surface area (Å²) < 4.78 is 18.0. The molecule has 0 spiro atoms. The van der Waals surface area contributed by atoms with Crippen molar-refractivity contribution in [2.24, 2.45) is 5.41 Å². The molecule has 1 aliphatic heterocycles.